The Kier molecular flexibility index (Phi) is 4.31. The molecule has 8 heteroatoms. The quantitative estimate of drug-likeness (QED) is 0.903. The average molecular weight is 319 g/mol. The highest BCUT2D eigenvalue weighted by Crippen LogP contribution is 2.13. The van der Waals surface area contributed by atoms with Gasteiger partial charge in [0.1, 0.15) is 17.1 Å². The van der Waals surface area contributed by atoms with Gasteiger partial charge in [0.25, 0.3) is 5.91 Å². The molecule has 1 atom stereocenters. The lowest BCUT2D eigenvalue weighted by molar-refractivity contribution is 0.0931. The van der Waals surface area contributed by atoms with E-state index in [0.29, 0.717) is 37.3 Å². The molecule has 0 bridgehead atoms. The van der Waals surface area contributed by atoms with E-state index in [4.69, 9.17) is 4.52 Å². The summed E-state index contributed by atoms with van der Waals surface area (Å²) in [4.78, 5) is 24.5. The number of nitrogens with one attached hydrogen (secondary N) is 1. The molecule has 0 aromatic carbocycles. The maximum atomic E-state index is 12.3. The molecule has 2 aromatic rings. The third-order valence-electron chi connectivity index (χ3n) is 4.18. The van der Waals surface area contributed by atoms with Crippen molar-refractivity contribution in [1.82, 2.24) is 24.8 Å². The Morgan fingerprint density at radius 1 is 1.48 bits per heavy atom. The molecule has 0 saturated heterocycles. The molecule has 23 heavy (non-hydrogen) atoms. The van der Waals surface area contributed by atoms with E-state index in [1.807, 2.05) is 6.92 Å². The first-order valence-electron chi connectivity index (χ1n) is 7.98. The number of fused-ring (bicyclic) bond motifs is 1. The van der Waals surface area contributed by atoms with Crippen molar-refractivity contribution in [3.05, 3.63) is 33.8 Å². The molecule has 124 valence electrons. The maximum Gasteiger partial charge on any atom is 0.345 e. The maximum absolute atomic E-state index is 12.3. The Labute approximate surface area is 133 Å². The van der Waals surface area contributed by atoms with Gasteiger partial charge in [0.15, 0.2) is 0 Å². The van der Waals surface area contributed by atoms with Gasteiger partial charge in [0.2, 0.25) is 0 Å². The number of carbonyl (C=O) groups excluding carboxylic acids is 1. The Morgan fingerprint density at radius 2 is 2.30 bits per heavy atom. The van der Waals surface area contributed by atoms with Crippen LogP contribution in [-0.2, 0) is 19.5 Å². The zero-order valence-electron chi connectivity index (χ0n) is 13.4. The largest absolute Gasteiger partial charge is 0.361 e. The summed E-state index contributed by atoms with van der Waals surface area (Å²) < 4.78 is 8.19. The third-order valence-corrected chi connectivity index (χ3v) is 4.18. The van der Waals surface area contributed by atoms with Crippen LogP contribution in [0.25, 0.3) is 0 Å². The molecular formula is C15H21N5O3. The van der Waals surface area contributed by atoms with Crippen LogP contribution in [0.15, 0.2) is 15.5 Å². The first kappa shape index (κ1) is 15.5. The van der Waals surface area contributed by atoms with Crippen molar-refractivity contribution in [2.24, 2.45) is 0 Å². The smallest absolute Gasteiger partial charge is 0.345 e. The van der Waals surface area contributed by atoms with Gasteiger partial charge >= 0.3 is 5.69 Å². The molecule has 2 aromatic heterocycles. The predicted octanol–water partition coefficient (Wildman–Crippen LogP) is 0.886. The second kappa shape index (κ2) is 6.39. The highest BCUT2D eigenvalue weighted by molar-refractivity contribution is 5.94. The van der Waals surface area contributed by atoms with Crippen molar-refractivity contribution >= 4 is 5.91 Å². The summed E-state index contributed by atoms with van der Waals surface area (Å²) in [5.74, 6) is 1.13. The van der Waals surface area contributed by atoms with Gasteiger partial charge in [-0.2, -0.15) is 5.10 Å². The van der Waals surface area contributed by atoms with Crippen LogP contribution in [-0.4, -0.2) is 31.5 Å². The number of nitrogens with zero attached hydrogens (tertiary/aromatic N) is 4. The third kappa shape index (κ3) is 3.06. The topological polar surface area (TPSA) is 95.0 Å². The lowest BCUT2D eigenvalue weighted by Gasteiger charge is -2.15. The minimum absolute atomic E-state index is 0.0116. The van der Waals surface area contributed by atoms with Crippen molar-refractivity contribution in [3.8, 4) is 0 Å². The lowest BCUT2D eigenvalue weighted by atomic mass is 10.1. The van der Waals surface area contributed by atoms with Gasteiger partial charge in [-0.3, -0.25) is 9.36 Å². The summed E-state index contributed by atoms with van der Waals surface area (Å²) in [5, 5.41) is 11.0. The molecule has 1 amide bonds. The van der Waals surface area contributed by atoms with Gasteiger partial charge < -0.3 is 9.84 Å². The fourth-order valence-electron chi connectivity index (χ4n) is 2.91. The zero-order chi connectivity index (χ0) is 16.4. The van der Waals surface area contributed by atoms with Crippen LogP contribution >= 0.6 is 0 Å². The second-order valence-corrected chi connectivity index (χ2v) is 5.87. The van der Waals surface area contributed by atoms with Crippen LogP contribution in [0.2, 0.25) is 0 Å². The van der Waals surface area contributed by atoms with Crippen molar-refractivity contribution in [3.63, 3.8) is 0 Å². The number of amides is 1. The van der Waals surface area contributed by atoms with Crippen LogP contribution in [0.1, 0.15) is 48.1 Å². The average Bonchev–Trinajstić information content (AvgIpc) is 3.01. The van der Waals surface area contributed by atoms with Crippen LogP contribution in [0.3, 0.4) is 0 Å². The molecule has 1 unspecified atom stereocenters. The zero-order valence-corrected chi connectivity index (χ0v) is 13.4. The standard InChI is InChI=1S/C15H21N5O3/c1-3-7-20-15(22)19-8-6-11(4-5-13(19)18-20)17-14(21)12-9-16-23-10(12)2/h9,11H,3-8H2,1-2H3,(H,17,21). The first-order chi connectivity index (χ1) is 11.1. The molecule has 1 aliphatic heterocycles. The second-order valence-electron chi connectivity index (χ2n) is 5.87. The number of aromatic nitrogens is 4. The van der Waals surface area contributed by atoms with Gasteiger partial charge in [0, 0.05) is 25.6 Å². The van der Waals surface area contributed by atoms with E-state index in [1.165, 1.54) is 10.9 Å². The SMILES string of the molecule is CCCn1nc2n(c1=O)CCC(NC(=O)c1cnoc1C)CC2. The van der Waals surface area contributed by atoms with E-state index in [0.717, 1.165) is 18.7 Å². The van der Waals surface area contributed by atoms with Crippen molar-refractivity contribution in [2.45, 2.75) is 58.7 Å². The number of rotatable bonds is 4. The van der Waals surface area contributed by atoms with Crippen LogP contribution in [0.4, 0.5) is 0 Å². The summed E-state index contributed by atoms with van der Waals surface area (Å²) in [6.07, 6.45) is 4.46. The summed E-state index contributed by atoms with van der Waals surface area (Å²) >= 11 is 0. The fourth-order valence-corrected chi connectivity index (χ4v) is 2.91. The lowest BCUT2D eigenvalue weighted by Crippen LogP contribution is -2.36. The molecule has 0 radical (unpaired) electrons. The van der Waals surface area contributed by atoms with Crippen LogP contribution < -0.4 is 11.0 Å². The van der Waals surface area contributed by atoms with Gasteiger partial charge in [0.05, 0.1) is 6.20 Å². The molecule has 0 spiro atoms. The monoisotopic (exact) mass is 319 g/mol. The van der Waals surface area contributed by atoms with Gasteiger partial charge in [-0.15, -0.1) is 0 Å². The summed E-state index contributed by atoms with van der Waals surface area (Å²) in [6.45, 7) is 4.95. The Hall–Kier alpha value is -2.38. The molecule has 3 heterocycles. The Morgan fingerprint density at radius 3 is 3.00 bits per heavy atom. The highest BCUT2D eigenvalue weighted by atomic mass is 16.5. The van der Waals surface area contributed by atoms with Gasteiger partial charge in [-0.1, -0.05) is 12.1 Å². The molecule has 1 aliphatic rings. The van der Waals surface area contributed by atoms with E-state index in [2.05, 4.69) is 15.6 Å². The minimum Gasteiger partial charge on any atom is -0.361 e. The summed E-state index contributed by atoms with van der Waals surface area (Å²) in [5.41, 5.74) is 0.404. The first-order valence-corrected chi connectivity index (χ1v) is 7.98. The van der Waals surface area contributed by atoms with Gasteiger partial charge in [-0.25, -0.2) is 9.48 Å². The molecule has 0 fully saturated rings. The summed E-state index contributed by atoms with van der Waals surface area (Å²) in [7, 11) is 0. The van der Waals surface area contributed by atoms with Crippen molar-refractivity contribution < 1.29 is 9.32 Å². The normalized spacial score (nSPS) is 17.6. The number of hydrogen-bond acceptors (Lipinski definition) is 5. The predicted molar refractivity (Wildman–Crippen MR) is 82.2 cm³/mol. The van der Waals surface area contributed by atoms with E-state index in [9.17, 15) is 9.59 Å². The number of carbonyl (C=O) groups is 1. The van der Waals surface area contributed by atoms with Crippen molar-refractivity contribution in [2.75, 3.05) is 0 Å². The molecule has 8 nitrogen and oxygen atoms in total. The van der Waals surface area contributed by atoms with E-state index in [-0.39, 0.29) is 17.6 Å². The summed E-state index contributed by atoms with van der Waals surface area (Å²) in [6, 6.07) is 0.0116. The fraction of sp³-hybridized carbons (Fsp3) is 0.600. The number of hydrogen-bond donors (Lipinski definition) is 1. The van der Waals surface area contributed by atoms with E-state index >= 15 is 0 Å². The molecule has 3 rings (SSSR count). The molecular weight excluding hydrogens is 298 g/mol. The number of aryl methyl sites for hydroxylation is 3. The molecule has 0 aliphatic carbocycles. The highest BCUT2D eigenvalue weighted by Gasteiger charge is 2.23. The van der Waals surface area contributed by atoms with Gasteiger partial charge in [-0.05, 0) is 26.2 Å². The van der Waals surface area contributed by atoms with E-state index in [1.54, 1.807) is 11.5 Å². The Balaban J connectivity index is 1.67. The van der Waals surface area contributed by atoms with Crippen LogP contribution in [0, 0.1) is 6.92 Å². The van der Waals surface area contributed by atoms with E-state index < -0.39 is 0 Å². The van der Waals surface area contributed by atoms with Crippen LogP contribution in [0.5, 0.6) is 0 Å². The Bertz CT molecular complexity index is 757. The van der Waals surface area contributed by atoms with Crippen molar-refractivity contribution in [1.29, 1.82) is 0 Å². The molecule has 0 saturated carbocycles. The minimum atomic E-state index is -0.184. The molecule has 1 N–H and O–H groups in total.